The molecule has 0 aliphatic heterocycles. The van der Waals surface area contributed by atoms with Crippen molar-refractivity contribution in [2.75, 3.05) is 11.9 Å². The lowest BCUT2D eigenvalue weighted by molar-refractivity contribution is -0.113. The van der Waals surface area contributed by atoms with Crippen LogP contribution in [0.15, 0.2) is 54.6 Å². The van der Waals surface area contributed by atoms with E-state index in [1.165, 1.54) is 0 Å². The zero-order valence-corrected chi connectivity index (χ0v) is 12.1. The predicted molar refractivity (Wildman–Crippen MR) is 84.8 cm³/mol. The molecule has 0 radical (unpaired) electrons. The van der Waals surface area contributed by atoms with E-state index in [0.717, 1.165) is 22.4 Å². The van der Waals surface area contributed by atoms with Crippen molar-refractivity contribution in [2.45, 2.75) is 13.8 Å². The van der Waals surface area contributed by atoms with E-state index in [9.17, 15) is 4.79 Å². The summed E-state index contributed by atoms with van der Waals surface area (Å²) in [5, 5.41) is 0. The molecule has 0 heterocycles. The van der Waals surface area contributed by atoms with Gasteiger partial charge in [0.25, 0.3) is 5.91 Å². The van der Waals surface area contributed by atoms with Crippen LogP contribution in [0.5, 0.6) is 0 Å². The van der Waals surface area contributed by atoms with Gasteiger partial charge in [-0.25, -0.2) is 0 Å². The Hall–Kier alpha value is -2.35. The van der Waals surface area contributed by atoms with Crippen LogP contribution in [-0.4, -0.2) is 13.0 Å². The average Bonchev–Trinajstić information content (AvgIpc) is 2.47. The first kappa shape index (κ1) is 14.1. The van der Waals surface area contributed by atoms with Crippen LogP contribution in [0, 0.1) is 13.8 Å². The van der Waals surface area contributed by atoms with E-state index in [1.807, 2.05) is 62.4 Å². The number of nitrogens with zero attached hydrogens (tertiary/aromatic N) is 1. The summed E-state index contributed by atoms with van der Waals surface area (Å²) >= 11 is 0. The van der Waals surface area contributed by atoms with Crippen LogP contribution >= 0.6 is 0 Å². The molecule has 0 atom stereocenters. The van der Waals surface area contributed by atoms with Crippen LogP contribution < -0.4 is 4.90 Å². The average molecular weight is 265 g/mol. The molecule has 0 aliphatic carbocycles. The quantitative estimate of drug-likeness (QED) is 0.769. The molecule has 2 nitrogen and oxygen atoms in total. The molecule has 0 aliphatic rings. The minimum absolute atomic E-state index is 0.0254. The molecule has 0 fully saturated rings. The molecule has 0 aromatic heterocycles. The largest absolute Gasteiger partial charge is 0.312 e. The van der Waals surface area contributed by atoms with Crippen molar-refractivity contribution in [1.29, 1.82) is 0 Å². The van der Waals surface area contributed by atoms with Crippen molar-refractivity contribution in [2.24, 2.45) is 0 Å². The number of amides is 1. The maximum absolute atomic E-state index is 12.2. The molecule has 0 spiro atoms. The molecule has 0 bridgehead atoms. The minimum atomic E-state index is -0.0254. The van der Waals surface area contributed by atoms with Gasteiger partial charge in [-0.3, -0.25) is 4.79 Å². The lowest BCUT2D eigenvalue weighted by atomic mass is 10.1. The van der Waals surface area contributed by atoms with Gasteiger partial charge in [-0.05, 0) is 42.7 Å². The van der Waals surface area contributed by atoms with E-state index < -0.39 is 0 Å². The summed E-state index contributed by atoms with van der Waals surface area (Å²) < 4.78 is 0. The molecule has 102 valence electrons. The smallest absolute Gasteiger partial charge is 0.250 e. The Bertz CT molecular complexity index is 629. The number of benzene rings is 2. The van der Waals surface area contributed by atoms with Gasteiger partial charge in [-0.1, -0.05) is 42.5 Å². The van der Waals surface area contributed by atoms with Crippen molar-refractivity contribution in [3.05, 3.63) is 71.3 Å². The Morgan fingerprint density at radius 2 is 1.75 bits per heavy atom. The number of rotatable bonds is 3. The van der Waals surface area contributed by atoms with Crippen molar-refractivity contribution >= 4 is 17.7 Å². The molecule has 2 heteroatoms. The first-order chi connectivity index (χ1) is 9.58. The lowest BCUT2D eigenvalue weighted by Crippen LogP contribution is -2.24. The second-order valence-electron chi connectivity index (χ2n) is 4.93. The van der Waals surface area contributed by atoms with Gasteiger partial charge in [0.05, 0.1) is 0 Å². The fraction of sp³-hybridized carbons (Fsp3) is 0.167. The number of anilines is 1. The molecular weight excluding hydrogens is 246 g/mol. The number of aryl methyl sites for hydroxylation is 2. The Labute approximate surface area is 120 Å². The number of carbonyl (C=O) groups excluding carboxylic acids is 1. The van der Waals surface area contributed by atoms with Gasteiger partial charge in [-0.15, -0.1) is 0 Å². The molecule has 0 unspecified atom stereocenters. The third-order valence-electron chi connectivity index (χ3n) is 3.27. The molecule has 2 aromatic rings. The standard InChI is InChI=1S/C18H19NO/c1-14-9-10-15(2)17(13-14)19(3)18(20)12-11-16-7-5-4-6-8-16/h4-13H,1-3H3/b12-11+. The van der Waals surface area contributed by atoms with Gasteiger partial charge in [-0.2, -0.15) is 0 Å². The molecule has 0 saturated heterocycles. The summed E-state index contributed by atoms with van der Waals surface area (Å²) in [6, 6.07) is 15.9. The van der Waals surface area contributed by atoms with Crippen molar-refractivity contribution in [3.8, 4) is 0 Å². The number of hydrogen-bond donors (Lipinski definition) is 0. The summed E-state index contributed by atoms with van der Waals surface area (Å²) in [5.41, 5.74) is 4.22. The second-order valence-corrected chi connectivity index (χ2v) is 4.93. The van der Waals surface area contributed by atoms with Gasteiger partial charge >= 0.3 is 0 Å². The van der Waals surface area contributed by atoms with E-state index >= 15 is 0 Å². The van der Waals surface area contributed by atoms with Gasteiger partial charge < -0.3 is 4.90 Å². The Kier molecular flexibility index (Phi) is 4.36. The Balaban J connectivity index is 2.17. The van der Waals surface area contributed by atoms with Crippen LogP contribution in [0.3, 0.4) is 0 Å². The minimum Gasteiger partial charge on any atom is -0.312 e. The molecular formula is C18H19NO. The second kappa shape index (κ2) is 6.20. The molecule has 2 rings (SSSR count). The molecule has 2 aromatic carbocycles. The van der Waals surface area contributed by atoms with Crippen molar-refractivity contribution < 1.29 is 4.79 Å². The maximum Gasteiger partial charge on any atom is 0.250 e. The summed E-state index contributed by atoms with van der Waals surface area (Å²) in [6.07, 6.45) is 3.45. The summed E-state index contributed by atoms with van der Waals surface area (Å²) in [4.78, 5) is 13.9. The van der Waals surface area contributed by atoms with Gasteiger partial charge in [0.1, 0.15) is 0 Å². The molecule has 20 heavy (non-hydrogen) atoms. The Morgan fingerprint density at radius 1 is 1.05 bits per heavy atom. The van der Waals surface area contributed by atoms with E-state index in [4.69, 9.17) is 0 Å². The fourth-order valence-corrected chi connectivity index (χ4v) is 2.04. The van der Waals surface area contributed by atoms with Crippen LogP contribution in [0.25, 0.3) is 6.08 Å². The SMILES string of the molecule is Cc1ccc(C)c(N(C)C(=O)/C=C/c2ccccc2)c1. The van der Waals surface area contributed by atoms with Gasteiger partial charge in [0, 0.05) is 18.8 Å². The third kappa shape index (κ3) is 3.35. The molecule has 0 saturated carbocycles. The molecule has 0 N–H and O–H groups in total. The van der Waals surface area contributed by atoms with Crippen LogP contribution in [-0.2, 0) is 4.79 Å². The van der Waals surface area contributed by atoms with Gasteiger partial charge in [0.2, 0.25) is 0 Å². The number of hydrogen-bond acceptors (Lipinski definition) is 1. The highest BCUT2D eigenvalue weighted by Crippen LogP contribution is 2.20. The van der Waals surface area contributed by atoms with Crippen molar-refractivity contribution in [1.82, 2.24) is 0 Å². The van der Waals surface area contributed by atoms with E-state index in [1.54, 1.807) is 18.0 Å². The summed E-state index contributed by atoms with van der Waals surface area (Å²) in [7, 11) is 1.80. The van der Waals surface area contributed by atoms with Gasteiger partial charge in [0.15, 0.2) is 0 Å². The fourth-order valence-electron chi connectivity index (χ4n) is 2.04. The van der Waals surface area contributed by atoms with E-state index in [2.05, 4.69) is 6.07 Å². The third-order valence-corrected chi connectivity index (χ3v) is 3.27. The first-order valence-electron chi connectivity index (χ1n) is 6.66. The number of carbonyl (C=O) groups is 1. The summed E-state index contributed by atoms with van der Waals surface area (Å²) in [6.45, 7) is 4.04. The summed E-state index contributed by atoms with van der Waals surface area (Å²) in [5.74, 6) is -0.0254. The lowest BCUT2D eigenvalue weighted by Gasteiger charge is -2.18. The number of likely N-dealkylation sites (N-methyl/N-ethyl adjacent to an activating group) is 1. The highest BCUT2D eigenvalue weighted by Gasteiger charge is 2.10. The molecule has 1 amide bonds. The van der Waals surface area contributed by atoms with Crippen LogP contribution in [0.4, 0.5) is 5.69 Å². The predicted octanol–water partition coefficient (Wildman–Crippen LogP) is 3.98. The van der Waals surface area contributed by atoms with Crippen LogP contribution in [0.1, 0.15) is 16.7 Å². The zero-order valence-electron chi connectivity index (χ0n) is 12.1. The van der Waals surface area contributed by atoms with E-state index in [-0.39, 0.29) is 5.91 Å². The Morgan fingerprint density at radius 3 is 2.45 bits per heavy atom. The maximum atomic E-state index is 12.2. The highest BCUT2D eigenvalue weighted by atomic mass is 16.2. The monoisotopic (exact) mass is 265 g/mol. The first-order valence-corrected chi connectivity index (χ1v) is 6.66. The highest BCUT2D eigenvalue weighted by molar-refractivity contribution is 6.03. The van der Waals surface area contributed by atoms with Crippen LogP contribution in [0.2, 0.25) is 0 Å². The normalized spacial score (nSPS) is 10.8. The topological polar surface area (TPSA) is 20.3 Å². The van der Waals surface area contributed by atoms with Crippen molar-refractivity contribution in [3.63, 3.8) is 0 Å². The zero-order chi connectivity index (χ0) is 14.5. The van der Waals surface area contributed by atoms with E-state index in [0.29, 0.717) is 0 Å².